The van der Waals surface area contributed by atoms with E-state index < -0.39 is 0 Å². The molecule has 0 aliphatic carbocycles. The molecule has 2 fully saturated rings. The van der Waals surface area contributed by atoms with Crippen LogP contribution < -0.4 is 5.32 Å². The fraction of sp³-hybridized carbons (Fsp3) is 1.00. The van der Waals surface area contributed by atoms with E-state index in [2.05, 4.69) is 35.8 Å². The van der Waals surface area contributed by atoms with Crippen LogP contribution in [0, 0.1) is 5.41 Å². The molecule has 2 heterocycles. The lowest BCUT2D eigenvalue weighted by atomic mass is 9.88. The van der Waals surface area contributed by atoms with Crippen molar-refractivity contribution in [3.8, 4) is 0 Å². The molecule has 0 saturated carbocycles. The van der Waals surface area contributed by atoms with Gasteiger partial charge in [-0.15, -0.1) is 0 Å². The van der Waals surface area contributed by atoms with Gasteiger partial charge in [0.25, 0.3) is 0 Å². The highest BCUT2D eigenvalue weighted by molar-refractivity contribution is 7.99. The number of thioether (sulfide) groups is 1. The van der Waals surface area contributed by atoms with Crippen LogP contribution in [0.1, 0.15) is 39.5 Å². The molecule has 0 aromatic carbocycles. The zero-order valence-electron chi connectivity index (χ0n) is 11.5. The summed E-state index contributed by atoms with van der Waals surface area (Å²) in [5.74, 6) is 2.64. The minimum atomic E-state index is 0.533. The molecule has 2 rings (SSSR count). The van der Waals surface area contributed by atoms with Crippen LogP contribution in [0.15, 0.2) is 0 Å². The lowest BCUT2D eigenvalue weighted by Gasteiger charge is -2.36. The molecule has 0 amide bonds. The van der Waals surface area contributed by atoms with E-state index in [1.54, 1.807) is 0 Å². The van der Waals surface area contributed by atoms with Gasteiger partial charge in [0.2, 0.25) is 0 Å². The summed E-state index contributed by atoms with van der Waals surface area (Å²) in [4.78, 5) is 2.62. The van der Waals surface area contributed by atoms with Gasteiger partial charge >= 0.3 is 0 Å². The molecule has 2 saturated heterocycles. The minimum Gasteiger partial charge on any atom is -0.312 e. The Balaban J connectivity index is 1.61. The smallest absolute Gasteiger partial charge is 0.0164 e. The molecule has 17 heavy (non-hydrogen) atoms. The first-order chi connectivity index (χ1) is 8.16. The largest absolute Gasteiger partial charge is 0.312 e. The monoisotopic (exact) mass is 256 g/mol. The maximum absolute atomic E-state index is 3.76. The summed E-state index contributed by atoms with van der Waals surface area (Å²) in [5.41, 5.74) is 0.533. The van der Waals surface area contributed by atoms with Gasteiger partial charge in [-0.25, -0.2) is 0 Å². The van der Waals surface area contributed by atoms with E-state index >= 15 is 0 Å². The van der Waals surface area contributed by atoms with E-state index in [9.17, 15) is 0 Å². The Bertz CT molecular complexity index is 224. The zero-order valence-corrected chi connectivity index (χ0v) is 12.3. The highest BCUT2D eigenvalue weighted by Crippen LogP contribution is 2.33. The van der Waals surface area contributed by atoms with Crippen molar-refractivity contribution < 1.29 is 0 Å². The van der Waals surface area contributed by atoms with Crippen molar-refractivity contribution in [2.45, 2.75) is 45.6 Å². The third-order valence-electron chi connectivity index (χ3n) is 3.92. The van der Waals surface area contributed by atoms with Crippen molar-refractivity contribution in [1.82, 2.24) is 10.2 Å². The van der Waals surface area contributed by atoms with Crippen LogP contribution in [0.5, 0.6) is 0 Å². The van der Waals surface area contributed by atoms with Crippen LogP contribution in [-0.2, 0) is 0 Å². The topological polar surface area (TPSA) is 15.3 Å². The normalized spacial score (nSPS) is 30.4. The predicted molar refractivity (Wildman–Crippen MR) is 77.8 cm³/mol. The second kappa shape index (κ2) is 6.44. The summed E-state index contributed by atoms with van der Waals surface area (Å²) in [6.45, 7) is 9.89. The first-order valence-corrected chi connectivity index (χ1v) is 8.35. The van der Waals surface area contributed by atoms with E-state index in [4.69, 9.17) is 0 Å². The number of rotatable bonds is 4. The van der Waals surface area contributed by atoms with Gasteiger partial charge in [-0.1, -0.05) is 20.3 Å². The first-order valence-electron chi connectivity index (χ1n) is 7.19. The molecule has 1 N–H and O–H groups in total. The molecule has 0 bridgehead atoms. The lowest BCUT2D eigenvalue weighted by Crippen LogP contribution is -2.44. The lowest BCUT2D eigenvalue weighted by molar-refractivity contribution is 0.222. The standard InChI is InChI=1S/C14H28N2S/c1-14(2)10-13(11-17-12-14)15-6-9-16-7-4-3-5-8-16/h13,15H,3-12H2,1-2H3. The van der Waals surface area contributed by atoms with Crippen molar-refractivity contribution >= 4 is 11.8 Å². The number of hydrogen-bond donors (Lipinski definition) is 1. The molecule has 100 valence electrons. The maximum atomic E-state index is 3.76. The summed E-state index contributed by atoms with van der Waals surface area (Å²) in [5, 5.41) is 3.76. The van der Waals surface area contributed by atoms with E-state index in [-0.39, 0.29) is 0 Å². The fourth-order valence-electron chi connectivity index (χ4n) is 3.00. The molecule has 2 nitrogen and oxygen atoms in total. The Labute approximate surface area is 111 Å². The Morgan fingerprint density at radius 1 is 1.24 bits per heavy atom. The van der Waals surface area contributed by atoms with Crippen LogP contribution in [0.3, 0.4) is 0 Å². The quantitative estimate of drug-likeness (QED) is 0.832. The minimum absolute atomic E-state index is 0.533. The average Bonchev–Trinajstić information content (AvgIpc) is 2.29. The molecule has 0 aromatic rings. The number of hydrogen-bond acceptors (Lipinski definition) is 3. The molecular formula is C14H28N2S. The van der Waals surface area contributed by atoms with Crippen molar-refractivity contribution in [2.75, 3.05) is 37.7 Å². The molecule has 0 spiro atoms. The molecule has 3 heteroatoms. The number of piperidine rings is 1. The van der Waals surface area contributed by atoms with Gasteiger partial charge in [-0.3, -0.25) is 0 Å². The highest BCUT2D eigenvalue weighted by Gasteiger charge is 2.27. The molecular weight excluding hydrogens is 228 g/mol. The number of nitrogens with one attached hydrogen (secondary N) is 1. The predicted octanol–water partition coefficient (Wildman–Crippen LogP) is 2.59. The molecule has 2 aliphatic heterocycles. The van der Waals surface area contributed by atoms with E-state index in [1.807, 2.05) is 0 Å². The summed E-state index contributed by atoms with van der Waals surface area (Å²) >= 11 is 2.12. The summed E-state index contributed by atoms with van der Waals surface area (Å²) < 4.78 is 0. The van der Waals surface area contributed by atoms with Gasteiger partial charge in [0.05, 0.1) is 0 Å². The van der Waals surface area contributed by atoms with Gasteiger partial charge in [0.15, 0.2) is 0 Å². The Hall–Kier alpha value is 0.270. The first kappa shape index (κ1) is 13.7. The highest BCUT2D eigenvalue weighted by atomic mass is 32.2. The van der Waals surface area contributed by atoms with Gasteiger partial charge in [0.1, 0.15) is 0 Å². The van der Waals surface area contributed by atoms with Crippen molar-refractivity contribution in [3.63, 3.8) is 0 Å². The van der Waals surface area contributed by atoms with Crippen molar-refractivity contribution in [2.24, 2.45) is 5.41 Å². The zero-order chi connectivity index (χ0) is 12.1. The third-order valence-corrected chi connectivity index (χ3v) is 5.54. The molecule has 1 unspecified atom stereocenters. The van der Waals surface area contributed by atoms with Gasteiger partial charge < -0.3 is 10.2 Å². The fourth-order valence-corrected chi connectivity index (χ4v) is 4.31. The third kappa shape index (κ3) is 4.80. The number of nitrogens with zero attached hydrogens (tertiary/aromatic N) is 1. The second-order valence-electron chi connectivity index (χ2n) is 6.44. The van der Waals surface area contributed by atoms with Crippen LogP contribution in [0.2, 0.25) is 0 Å². The van der Waals surface area contributed by atoms with Crippen LogP contribution >= 0.6 is 11.8 Å². The summed E-state index contributed by atoms with van der Waals surface area (Å²) in [6, 6.07) is 0.744. The summed E-state index contributed by atoms with van der Waals surface area (Å²) in [7, 11) is 0. The van der Waals surface area contributed by atoms with E-state index in [0.29, 0.717) is 5.41 Å². The second-order valence-corrected chi connectivity index (χ2v) is 7.47. The maximum Gasteiger partial charge on any atom is 0.0164 e. The van der Waals surface area contributed by atoms with Crippen LogP contribution in [-0.4, -0.2) is 48.6 Å². The van der Waals surface area contributed by atoms with Crippen LogP contribution in [0.25, 0.3) is 0 Å². The molecule has 0 aromatic heterocycles. The Kier molecular flexibility index (Phi) is 5.19. The SMILES string of the molecule is CC1(C)CSCC(NCCN2CCCCC2)C1. The van der Waals surface area contributed by atoms with Gasteiger partial charge in [-0.05, 0) is 43.5 Å². The van der Waals surface area contributed by atoms with E-state index in [0.717, 1.165) is 6.04 Å². The molecule has 1 atom stereocenters. The van der Waals surface area contributed by atoms with Crippen molar-refractivity contribution in [3.05, 3.63) is 0 Å². The van der Waals surface area contributed by atoms with Gasteiger partial charge in [0, 0.05) is 24.9 Å². The molecule has 2 aliphatic rings. The Morgan fingerprint density at radius 2 is 2.00 bits per heavy atom. The van der Waals surface area contributed by atoms with Crippen molar-refractivity contribution in [1.29, 1.82) is 0 Å². The van der Waals surface area contributed by atoms with Crippen LogP contribution in [0.4, 0.5) is 0 Å². The average molecular weight is 256 g/mol. The number of likely N-dealkylation sites (tertiary alicyclic amines) is 1. The van der Waals surface area contributed by atoms with Gasteiger partial charge in [-0.2, -0.15) is 11.8 Å². The molecule has 0 radical (unpaired) electrons. The summed E-state index contributed by atoms with van der Waals surface area (Å²) in [6.07, 6.45) is 5.61. The van der Waals surface area contributed by atoms with E-state index in [1.165, 1.54) is 63.4 Å². The Morgan fingerprint density at radius 3 is 2.71 bits per heavy atom.